The third kappa shape index (κ3) is 4.66. The van der Waals surface area contributed by atoms with Crippen LogP contribution in [-0.4, -0.2) is 64.6 Å². The van der Waals surface area contributed by atoms with Crippen LogP contribution in [0.1, 0.15) is 0 Å². The third-order valence-electron chi connectivity index (χ3n) is 5.34. The number of ether oxygens (including phenoxy) is 1. The van der Waals surface area contributed by atoms with E-state index in [1.807, 2.05) is 29.2 Å². The summed E-state index contributed by atoms with van der Waals surface area (Å²) in [5, 5.41) is 8.83. The molecule has 4 rings (SSSR count). The summed E-state index contributed by atoms with van der Waals surface area (Å²) in [5.74, 6) is 1.26. The molecule has 1 aliphatic rings. The highest BCUT2D eigenvalue weighted by Crippen LogP contribution is 2.25. The zero-order chi connectivity index (χ0) is 21.8. The number of carbonyl (C=O) groups is 1. The molecule has 0 unspecified atom stereocenters. The minimum atomic E-state index is -0.347. The number of hydrogen-bond donors (Lipinski definition) is 0. The van der Waals surface area contributed by atoms with Crippen LogP contribution in [-0.2, 0) is 11.8 Å². The summed E-state index contributed by atoms with van der Waals surface area (Å²) in [6, 6.07) is 14.4. The Hall–Kier alpha value is -3.07. The van der Waals surface area contributed by atoms with Crippen LogP contribution in [0.15, 0.2) is 53.7 Å². The molecule has 1 aromatic heterocycles. The molecule has 1 amide bonds. The van der Waals surface area contributed by atoms with Crippen molar-refractivity contribution in [1.82, 2.24) is 19.7 Å². The van der Waals surface area contributed by atoms with Crippen LogP contribution in [0.5, 0.6) is 5.75 Å². The fourth-order valence-electron chi connectivity index (χ4n) is 3.54. The highest BCUT2D eigenvalue weighted by atomic mass is 32.2. The lowest BCUT2D eigenvalue weighted by molar-refractivity contribution is -0.128. The maximum Gasteiger partial charge on any atom is 0.233 e. The van der Waals surface area contributed by atoms with E-state index in [-0.39, 0.29) is 17.5 Å². The van der Waals surface area contributed by atoms with Crippen LogP contribution in [0.25, 0.3) is 11.4 Å². The molecule has 1 fully saturated rings. The predicted octanol–water partition coefficient (Wildman–Crippen LogP) is 3.07. The second kappa shape index (κ2) is 9.38. The van der Waals surface area contributed by atoms with Crippen LogP contribution in [0.4, 0.5) is 10.1 Å². The summed E-state index contributed by atoms with van der Waals surface area (Å²) in [4.78, 5) is 16.8. The zero-order valence-corrected chi connectivity index (χ0v) is 18.3. The summed E-state index contributed by atoms with van der Waals surface area (Å²) in [7, 11) is 3.43. The molecule has 3 aromatic rings. The average Bonchev–Trinajstić information content (AvgIpc) is 3.18. The lowest BCUT2D eigenvalue weighted by atomic mass is 10.2. The van der Waals surface area contributed by atoms with Gasteiger partial charge in [0.25, 0.3) is 0 Å². The van der Waals surface area contributed by atoms with Gasteiger partial charge in [0, 0.05) is 38.9 Å². The first-order valence-corrected chi connectivity index (χ1v) is 11.0. The lowest BCUT2D eigenvalue weighted by Crippen LogP contribution is -2.49. The Balaban J connectivity index is 1.31. The van der Waals surface area contributed by atoms with Gasteiger partial charge in [0.15, 0.2) is 11.0 Å². The van der Waals surface area contributed by atoms with E-state index in [0.29, 0.717) is 29.6 Å². The van der Waals surface area contributed by atoms with E-state index in [2.05, 4.69) is 15.1 Å². The fourth-order valence-corrected chi connectivity index (χ4v) is 4.36. The molecule has 0 bridgehead atoms. The van der Waals surface area contributed by atoms with Crippen molar-refractivity contribution in [3.8, 4) is 17.1 Å². The Morgan fingerprint density at radius 3 is 2.45 bits per heavy atom. The standard InChI is InChI=1S/C22H24FN5O2S/c1-26-21(18-5-3-4-6-19(18)23)24-25-22(26)31-15-20(29)28-13-11-27(12-14-28)16-7-9-17(30-2)10-8-16/h3-10H,11-15H2,1-2H3. The lowest BCUT2D eigenvalue weighted by Gasteiger charge is -2.36. The Morgan fingerprint density at radius 2 is 1.77 bits per heavy atom. The summed E-state index contributed by atoms with van der Waals surface area (Å²) < 4.78 is 21.0. The molecule has 0 saturated carbocycles. The smallest absolute Gasteiger partial charge is 0.233 e. The average molecular weight is 442 g/mol. The number of piperazine rings is 1. The molecular weight excluding hydrogens is 417 g/mol. The molecule has 1 aliphatic heterocycles. The molecular formula is C22H24FN5O2S. The summed E-state index contributed by atoms with van der Waals surface area (Å²) in [6.07, 6.45) is 0. The summed E-state index contributed by atoms with van der Waals surface area (Å²) in [5.41, 5.74) is 1.52. The maximum atomic E-state index is 14.1. The van der Waals surface area contributed by atoms with Crippen molar-refractivity contribution in [3.63, 3.8) is 0 Å². The van der Waals surface area contributed by atoms with Gasteiger partial charge in [-0.3, -0.25) is 4.79 Å². The van der Waals surface area contributed by atoms with Crippen molar-refractivity contribution in [2.75, 3.05) is 43.9 Å². The highest BCUT2D eigenvalue weighted by molar-refractivity contribution is 7.99. The number of aromatic nitrogens is 3. The first-order valence-electron chi connectivity index (χ1n) is 10.0. The maximum absolute atomic E-state index is 14.1. The Morgan fingerprint density at radius 1 is 1.06 bits per heavy atom. The van der Waals surface area contributed by atoms with Gasteiger partial charge in [-0.05, 0) is 36.4 Å². The van der Waals surface area contributed by atoms with Crippen LogP contribution < -0.4 is 9.64 Å². The van der Waals surface area contributed by atoms with E-state index >= 15 is 0 Å². The van der Waals surface area contributed by atoms with E-state index in [4.69, 9.17) is 4.74 Å². The van der Waals surface area contributed by atoms with Crippen LogP contribution in [0, 0.1) is 5.82 Å². The minimum Gasteiger partial charge on any atom is -0.497 e. The summed E-state index contributed by atoms with van der Waals surface area (Å²) >= 11 is 1.32. The molecule has 0 spiro atoms. The number of halogens is 1. The number of carbonyl (C=O) groups excluding carboxylic acids is 1. The van der Waals surface area contributed by atoms with Crippen LogP contribution in [0.3, 0.4) is 0 Å². The minimum absolute atomic E-state index is 0.0647. The number of rotatable bonds is 6. The quantitative estimate of drug-likeness (QED) is 0.548. The van der Waals surface area contributed by atoms with Crippen molar-refractivity contribution >= 4 is 23.4 Å². The van der Waals surface area contributed by atoms with Crippen molar-refractivity contribution in [2.45, 2.75) is 5.16 Å². The molecule has 0 aliphatic carbocycles. The first kappa shape index (κ1) is 21.2. The van der Waals surface area contributed by atoms with Crippen molar-refractivity contribution < 1.29 is 13.9 Å². The monoisotopic (exact) mass is 441 g/mol. The van der Waals surface area contributed by atoms with Gasteiger partial charge in [0.2, 0.25) is 5.91 Å². The summed E-state index contributed by atoms with van der Waals surface area (Å²) in [6.45, 7) is 2.91. The van der Waals surface area contributed by atoms with E-state index in [1.165, 1.54) is 17.8 Å². The Kier molecular flexibility index (Phi) is 6.41. The number of amides is 1. The van der Waals surface area contributed by atoms with E-state index < -0.39 is 0 Å². The third-order valence-corrected chi connectivity index (χ3v) is 6.35. The SMILES string of the molecule is COc1ccc(N2CCN(C(=O)CSc3nnc(-c4ccccc4F)n3C)CC2)cc1. The molecule has 0 N–H and O–H groups in total. The van der Waals surface area contributed by atoms with Crippen molar-refractivity contribution in [3.05, 3.63) is 54.3 Å². The van der Waals surface area contributed by atoms with Crippen molar-refractivity contribution in [2.24, 2.45) is 7.05 Å². The highest BCUT2D eigenvalue weighted by Gasteiger charge is 2.22. The molecule has 0 atom stereocenters. The van der Waals surface area contributed by atoms with Gasteiger partial charge in [-0.25, -0.2) is 4.39 Å². The van der Waals surface area contributed by atoms with Gasteiger partial charge in [0.05, 0.1) is 18.4 Å². The molecule has 2 aromatic carbocycles. The molecule has 0 radical (unpaired) electrons. The molecule has 2 heterocycles. The number of benzene rings is 2. The van der Waals surface area contributed by atoms with Gasteiger partial charge in [-0.15, -0.1) is 10.2 Å². The molecule has 9 heteroatoms. The van der Waals surface area contributed by atoms with E-state index in [1.54, 1.807) is 36.9 Å². The number of thioether (sulfide) groups is 1. The normalized spacial score (nSPS) is 14.0. The largest absolute Gasteiger partial charge is 0.497 e. The number of hydrogen-bond acceptors (Lipinski definition) is 6. The number of nitrogens with zero attached hydrogens (tertiary/aromatic N) is 5. The number of anilines is 1. The van der Waals surface area contributed by atoms with Gasteiger partial charge >= 0.3 is 0 Å². The van der Waals surface area contributed by atoms with Gasteiger partial charge in [-0.2, -0.15) is 0 Å². The van der Waals surface area contributed by atoms with E-state index in [9.17, 15) is 9.18 Å². The number of methoxy groups -OCH3 is 1. The predicted molar refractivity (Wildman–Crippen MR) is 119 cm³/mol. The zero-order valence-electron chi connectivity index (χ0n) is 17.5. The first-order chi connectivity index (χ1) is 15.1. The molecule has 31 heavy (non-hydrogen) atoms. The van der Waals surface area contributed by atoms with Gasteiger partial charge in [-0.1, -0.05) is 23.9 Å². The topological polar surface area (TPSA) is 63.5 Å². The van der Waals surface area contributed by atoms with Gasteiger partial charge < -0.3 is 19.1 Å². The van der Waals surface area contributed by atoms with E-state index in [0.717, 1.165) is 24.5 Å². The van der Waals surface area contributed by atoms with Crippen molar-refractivity contribution in [1.29, 1.82) is 0 Å². The molecule has 7 nitrogen and oxygen atoms in total. The van der Waals surface area contributed by atoms with Crippen LogP contribution in [0.2, 0.25) is 0 Å². The second-order valence-electron chi connectivity index (χ2n) is 7.20. The second-order valence-corrected chi connectivity index (χ2v) is 8.14. The molecule has 1 saturated heterocycles. The Labute approximate surface area is 184 Å². The van der Waals surface area contributed by atoms with Gasteiger partial charge in [0.1, 0.15) is 11.6 Å². The molecule has 162 valence electrons. The Bertz CT molecular complexity index is 1050. The fraction of sp³-hybridized carbons (Fsp3) is 0.318. The van der Waals surface area contributed by atoms with Crippen LogP contribution >= 0.6 is 11.8 Å².